The van der Waals surface area contributed by atoms with Crippen LogP contribution in [0.1, 0.15) is 117 Å². The third-order valence-electron chi connectivity index (χ3n) is 6.87. The van der Waals surface area contributed by atoms with Gasteiger partial charge in [0.2, 0.25) is 11.8 Å². The molecular weight excluding hydrogens is 478 g/mol. The molecule has 3 atom stereocenters. The van der Waals surface area contributed by atoms with Gasteiger partial charge in [-0.3, -0.25) is 9.59 Å². The number of amides is 3. The first-order chi connectivity index (χ1) is 17.7. The zero-order valence-corrected chi connectivity index (χ0v) is 25.6. The molecule has 1 rings (SSSR count). The number of nitrogens with one attached hydrogen (secondary N) is 2. The number of hydrogen-bond donors (Lipinski definition) is 2. The zero-order valence-electron chi connectivity index (χ0n) is 25.6. The number of unbranched alkanes of at least 4 members (excludes halogenated alkanes) is 4. The number of alkyl carbamates (subject to hydrolysis) is 1. The summed E-state index contributed by atoms with van der Waals surface area (Å²) in [6.45, 7) is 19.8. The van der Waals surface area contributed by atoms with Crippen molar-refractivity contribution in [2.45, 2.75) is 131 Å². The Morgan fingerprint density at radius 2 is 1.58 bits per heavy atom. The van der Waals surface area contributed by atoms with Crippen LogP contribution in [0.4, 0.5) is 4.79 Å². The van der Waals surface area contributed by atoms with Gasteiger partial charge in [0.25, 0.3) is 0 Å². The molecule has 7 nitrogen and oxygen atoms in total. The summed E-state index contributed by atoms with van der Waals surface area (Å²) in [7, 11) is 0. The Balaban J connectivity index is 3.57. The van der Waals surface area contributed by atoms with Gasteiger partial charge in [0.05, 0.1) is 0 Å². The van der Waals surface area contributed by atoms with E-state index in [1.54, 1.807) is 25.7 Å². The normalized spacial score (nSPS) is 14.0. The first-order valence-electron chi connectivity index (χ1n) is 14.4. The molecule has 0 saturated heterocycles. The number of ether oxygens (including phenoxy) is 1. The predicted octanol–water partition coefficient (Wildman–Crippen LogP) is 6.61. The number of carbonyl (C=O) groups excluding carboxylic acids is 3. The lowest BCUT2D eigenvalue weighted by atomic mass is 9.92. The fourth-order valence-corrected chi connectivity index (χ4v) is 4.43. The number of carbonyl (C=O) groups is 3. The Kier molecular flexibility index (Phi) is 13.9. The van der Waals surface area contributed by atoms with Crippen LogP contribution in [0.3, 0.4) is 0 Å². The lowest BCUT2D eigenvalue weighted by Gasteiger charge is -2.37. The van der Waals surface area contributed by atoms with Gasteiger partial charge in [0.1, 0.15) is 17.7 Å². The Bertz CT molecular complexity index is 907. The van der Waals surface area contributed by atoms with Crippen LogP contribution in [0.5, 0.6) is 0 Å². The van der Waals surface area contributed by atoms with E-state index in [2.05, 4.69) is 17.6 Å². The Morgan fingerprint density at radius 1 is 0.947 bits per heavy atom. The van der Waals surface area contributed by atoms with Crippen molar-refractivity contribution >= 4 is 17.9 Å². The summed E-state index contributed by atoms with van der Waals surface area (Å²) in [5, 5.41) is 5.89. The highest BCUT2D eigenvalue weighted by molar-refractivity contribution is 5.92. The molecule has 0 bridgehead atoms. The van der Waals surface area contributed by atoms with Crippen molar-refractivity contribution in [1.29, 1.82) is 0 Å². The van der Waals surface area contributed by atoms with E-state index in [0.29, 0.717) is 13.0 Å². The Labute approximate surface area is 231 Å². The average Bonchev–Trinajstić information content (AvgIpc) is 2.81. The quantitative estimate of drug-likeness (QED) is 0.265. The Morgan fingerprint density at radius 3 is 2.13 bits per heavy atom. The van der Waals surface area contributed by atoms with Crippen molar-refractivity contribution in [3.63, 3.8) is 0 Å². The minimum absolute atomic E-state index is 0.0816. The summed E-state index contributed by atoms with van der Waals surface area (Å²) in [6, 6.07) is 4.18. The summed E-state index contributed by atoms with van der Waals surface area (Å²) in [5.74, 6) is -0.619. The molecule has 0 heterocycles. The van der Waals surface area contributed by atoms with Crippen LogP contribution in [-0.4, -0.2) is 47.0 Å². The molecule has 3 amide bonds. The van der Waals surface area contributed by atoms with E-state index in [1.165, 1.54) is 0 Å². The van der Waals surface area contributed by atoms with E-state index in [9.17, 15) is 14.4 Å². The molecule has 38 heavy (non-hydrogen) atoms. The molecule has 0 saturated carbocycles. The molecule has 0 aliphatic heterocycles. The van der Waals surface area contributed by atoms with Crippen LogP contribution in [-0.2, 0) is 14.3 Å². The molecule has 0 aliphatic carbocycles. The molecule has 0 spiro atoms. The summed E-state index contributed by atoms with van der Waals surface area (Å²) in [4.78, 5) is 42.6. The zero-order chi connectivity index (χ0) is 29.0. The standard InChI is InChI=1S/C31H53N3O4/c1-11-13-14-15-16-20-34(29(36)26(22(5)12-2)33-30(37)38-31(8,9)10)27(28(35)32-21(3)4)25-19-17-18-23(6)24(25)7/h17-19,21-22,26-27H,11-16,20H2,1-10H3,(H,32,35)(H,33,37). The summed E-state index contributed by atoms with van der Waals surface area (Å²) >= 11 is 0. The van der Waals surface area contributed by atoms with Gasteiger partial charge in [-0.25, -0.2) is 4.79 Å². The molecule has 1 aromatic carbocycles. The molecule has 3 unspecified atom stereocenters. The van der Waals surface area contributed by atoms with Crippen molar-refractivity contribution in [3.05, 3.63) is 34.9 Å². The third-order valence-corrected chi connectivity index (χ3v) is 6.87. The van der Waals surface area contributed by atoms with Gasteiger partial charge in [-0.15, -0.1) is 0 Å². The van der Waals surface area contributed by atoms with E-state index in [4.69, 9.17) is 4.74 Å². The highest BCUT2D eigenvalue weighted by Crippen LogP contribution is 2.29. The molecule has 0 aliphatic rings. The second-order valence-corrected chi connectivity index (χ2v) is 11.8. The molecule has 216 valence electrons. The lowest BCUT2D eigenvalue weighted by molar-refractivity contribution is -0.143. The fraction of sp³-hybridized carbons (Fsp3) is 0.710. The molecule has 0 radical (unpaired) electrons. The van der Waals surface area contributed by atoms with Crippen LogP contribution in [0.25, 0.3) is 0 Å². The van der Waals surface area contributed by atoms with E-state index in [0.717, 1.165) is 48.8 Å². The number of rotatable bonds is 14. The van der Waals surface area contributed by atoms with Crippen LogP contribution >= 0.6 is 0 Å². The topological polar surface area (TPSA) is 87.7 Å². The first-order valence-corrected chi connectivity index (χ1v) is 14.4. The number of hydrogen-bond acceptors (Lipinski definition) is 4. The minimum Gasteiger partial charge on any atom is -0.444 e. The van der Waals surface area contributed by atoms with Gasteiger partial charge >= 0.3 is 6.09 Å². The van der Waals surface area contributed by atoms with Crippen molar-refractivity contribution in [2.75, 3.05) is 6.54 Å². The lowest BCUT2D eigenvalue weighted by Crippen LogP contribution is -2.55. The van der Waals surface area contributed by atoms with Gasteiger partial charge in [0, 0.05) is 12.6 Å². The number of aryl methyl sites for hydroxylation is 1. The third kappa shape index (κ3) is 10.7. The van der Waals surface area contributed by atoms with E-state index >= 15 is 0 Å². The summed E-state index contributed by atoms with van der Waals surface area (Å²) in [5.41, 5.74) is 2.17. The van der Waals surface area contributed by atoms with Gasteiger partial charge in [-0.05, 0) is 77.5 Å². The molecular formula is C31H53N3O4. The van der Waals surface area contributed by atoms with E-state index < -0.39 is 23.8 Å². The fourth-order valence-electron chi connectivity index (χ4n) is 4.43. The average molecular weight is 532 g/mol. The van der Waals surface area contributed by atoms with Crippen molar-refractivity contribution < 1.29 is 19.1 Å². The maximum atomic E-state index is 14.3. The molecule has 0 aromatic heterocycles. The van der Waals surface area contributed by atoms with Gasteiger partial charge in [0.15, 0.2) is 0 Å². The van der Waals surface area contributed by atoms with Crippen LogP contribution in [0.2, 0.25) is 0 Å². The second kappa shape index (κ2) is 15.7. The highest BCUT2D eigenvalue weighted by Gasteiger charge is 2.38. The summed E-state index contributed by atoms with van der Waals surface area (Å²) < 4.78 is 5.50. The number of nitrogens with zero attached hydrogens (tertiary/aromatic N) is 1. The molecule has 1 aromatic rings. The van der Waals surface area contributed by atoms with Crippen molar-refractivity contribution in [1.82, 2.24) is 15.5 Å². The second-order valence-electron chi connectivity index (χ2n) is 11.8. The molecule has 7 heteroatoms. The van der Waals surface area contributed by atoms with Crippen LogP contribution < -0.4 is 10.6 Å². The monoisotopic (exact) mass is 531 g/mol. The SMILES string of the molecule is CCCCCCCN(C(=O)C(NC(=O)OC(C)(C)C)C(C)CC)C(C(=O)NC(C)C)c1cccc(C)c1C. The van der Waals surface area contributed by atoms with Crippen LogP contribution in [0.15, 0.2) is 18.2 Å². The van der Waals surface area contributed by atoms with Crippen molar-refractivity contribution in [3.8, 4) is 0 Å². The molecule has 0 fully saturated rings. The smallest absolute Gasteiger partial charge is 0.408 e. The largest absolute Gasteiger partial charge is 0.444 e. The molecule has 2 N–H and O–H groups in total. The maximum absolute atomic E-state index is 14.3. The number of benzene rings is 1. The highest BCUT2D eigenvalue weighted by atomic mass is 16.6. The van der Waals surface area contributed by atoms with Gasteiger partial charge in [-0.2, -0.15) is 0 Å². The van der Waals surface area contributed by atoms with Gasteiger partial charge < -0.3 is 20.3 Å². The van der Waals surface area contributed by atoms with E-state index in [-0.39, 0.29) is 23.8 Å². The summed E-state index contributed by atoms with van der Waals surface area (Å²) in [6.07, 6.45) is 5.14. The van der Waals surface area contributed by atoms with E-state index in [1.807, 2.05) is 59.7 Å². The first kappa shape index (κ1) is 33.5. The van der Waals surface area contributed by atoms with Crippen molar-refractivity contribution in [2.24, 2.45) is 5.92 Å². The predicted molar refractivity (Wildman–Crippen MR) is 155 cm³/mol. The minimum atomic E-state index is -0.815. The van der Waals surface area contributed by atoms with Gasteiger partial charge in [-0.1, -0.05) is 71.1 Å². The Hall–Kier alpha value is -2.57. The van der Waals surface area contributed by atoms with Crippen LogP contribution in [0, 0.1) is 19.8 Å². The maximum Gasteiger partial charge on any atom is 0.408 e.